The molecule has 2 aromatic carbocycles. The molecule has 1 aromatic heterocycles. The molecule has 0 aliphatic carbocycles. The van der Waals surface area contributed by atoms with Crippen molar-refractivity contribution in [2.45, 2.75) is 58.3 Å². The van der Waals surface area contributed by atoms with Gasteiger partial charge in [0, 0.05) is 18.7 Å². The molecule has 0 spiro atoms. The molecular formula is C33H34F7N3O3. The second-order valence-electron chi connectivity index (χ2n) is 12.2. The third-order valence-electron chi connectivity index (χ3n) is 8.77. The number of carbonyl (C=O) groups excluding carboxylic acids is 1. The van der Waals surface area contributed by atoms with E-state index in [0.717, 1.165) is 0 Å². The van der Waals surface area contributed by atoms with Crippen molar-refractivity contribution in [1.29, 1.82) is 0 Å². The number of carbonyl (C=O) groups is 2. The standard InChI is InChI=1S/C33H34F7N3O3/c1-18-11-24(34)5-6-25(18)26-15-29(43-9-7-20(8-10-43)19(2)30(45)46)42-16-27(26)41-17-28(44)31(3,4)21-12-22(32(35,36)37)14-23(13-21)33(38,39)40/h5-6,11-16,19-20,41H,7-10,17H2,1-4H3,(H,45,46). The molecule has 13 heteroatoms. The first-order valence-corrected chi connectivity index (χ1v) is 14.6. The average Bonchev–Trinajstić information content (AvgIpc) is 2.98. The summed E-state index contributed by atoms with van der Waals surface area (Å²) in [7, 11) is 0. The minimum absolute atomic E-state index is 0.00640. The quantitative estimate of drug-likeness (QED) is 0.227. The Kier molecular flexibility index (Phi) is 9.75. The number of hydrogen-bond acceptors (Lipinski definition) is 5. The number of piperidine rings is 1. The maximum atomic E-state index is 14.0. The lowest BCUT2D eigenvalue weighted by atomic mass is 9.79. The van der Waals surface area contributed by atoms with Crippen molar-refractivity contribution in [3.05, 3.63) is 76.7 Å². The summed E-state index contributed by atoms with van der Waals surface area (Å²) in [6.07, 6.45) is -7.39. The third kappa shape index (κ3) is 7.61. The molecule has 1 saturated heterocycles. The topological polar surface area (TPSA) is 82.5 Å². The first kappa shape index (κ1) is 34.7. The van der Waals surface area contributed by atoms with Crippen LogP contribution in [0.5, 0.6) is 0 Å². The summed E-state index contributed by atoms with van der Waals surface area (Å²) in [6, 6.07) is 7.03. The second-order valence-corrected chi connectivity index (χ2v) is 12.2. The number of aromatic nitrogens is 1. The number of hydrogen-bond donors (Lipinski definition) is 2. The fraction of sp³-hybridized carbons (Fsp3) is 0.424. The maximum Gasteiger partial charge on any atom is 0.416 e. The van der Waals surface area contributed by atoms with Gasteiger partial charge < -0.3 is 15.3 Å². The van der Waals surface area contributed by atoms with Gasteiger partial charge in [-0.25, -0.2) is 9.37 Å². The summed E-state index contributed by atoms with van der Waals surface area (Å²) in [5.74, 6) is -1.91. The Labute approximate surface area is 261 Å². The summed E-state index contributed by atoms with van der Waals surface area (Å²) in [4.78, 5) is 31.4. The van der Waals surface area contributed by atoms with Gasteiger partial charge in [-0.3, -0.25) is 9.59 Å². The Morgan fingerprint density at radius 2 is 1.50 bits per heavy atom. The molecule has 1 aliphatic rings. The molecule has 3 aromatic rings. The van der Waals surface area contributed by atoms with Gasteiger partial charge in [-0.2, -0.15) is 26.3 Å². The zero-order valence-corrected chi connectivity index (χ0v) is 25.6. The predicted molar refractivity (Wildman–Crippen MR) is 159 cm³/mol. The van der Waals surface area contributed by atoms with E-state index in [1.54, 1.807) is 26.0 Å². The van der Waals surface area contributed by atoms with Gasteiger partial charge in [0.1, 0.15) is 11.6 Å². The van der Waals surface area contributed by atoms with Crippen molar-refractivity contribution < 1.29 is 45.4 Å². The van der Waals surface area contributed by atoms with Gasteiger partial charge in [0.2, 0.25) is 0 Å². The minimum atomic E-state index is -5.06. The molecule has 1 fully saturated rings. The lowest BCUT2D eigenvalue weighted by Crippen LogP contribution is -2.37. The Morgan fingerprint density at radius 1 is 0.935 bits per heavy atom. The van der Waals surface area contributed by atoms with Gasteiger partial charge in [-0.15, -0.1) is 0 Å². The number of aryl methyl sites for hydroxylation is 1. The molecule has 1 atom stereocenters. The van der Waals surface area contributed by atoms with Gasteiger partial charge in [-0.1, -0.05) is 13.0 Å². The molecule has 1 aliphatic heterocycles. The zero-order valence-electron chi connectivity index (χ0n) is 25.6. The van der Waals surface area contributed by atoms with E-state index < -0.39 is 64.5 Å². The van der Waals surface area contributed by atoms with Gasteiger partial charge in [0.25, 0.3) is 0 Å². The van der Waals surface area contributed by atoms with Gasteiger partial charge in [0.05, 0.1) is 40.9 Å². The Morgan fingerprint density at radius 3 is 2.02 bits per heavy atom. The molecule has 1 unspecified atom stereocenters. The van der Waals surface area contributed by atoms with E-state index in [-0.39, 0.29) is 12.0 Å². The maximum absolute atomic E-state index is 14.0. The van der Waals surface area contributed by atoms with Crippen molar-refractivity contribution in [2.24, 2.45) is 11.8 Å². The minimum Gasteiger partial charge on any atom is -0.481 e. The van der Waals surface area contributed by atoms with Crippen LogP contribution in [0.25, 0.3) is 11.1 Å². The normalized spacial score (nSPS) is 15.5. The van der Waals surface area contributed by atoms with E-state index in [1.807, 2.05) is 4.90 Å². The fourth-order valence-corrected chi connectivity index (χ4v) is 5.61. The summed E-state index contributed by atoms with van der Waals surface area (Å²) < 4.78 is 94.9. The first-order valence-electron chi connectivity index (χ1n) is 14.6. The van der Waals surface area contributed by atoms with Gasteiger partial charge in [-0.05, 0) is 92.6 Å². The average molecular weight is 654 g/mol. The molecule has 248 valence electrons. The Bertz CT molecular complexity index is 1580. The lowest BCUT2D eigenvalue weighted by molar-refractivity contribution is -0.144. The summed E-state index contributed by atoms with van der Waals surface area (Å²) >= 11 is 0. The number of alkyl halides is 6. The van der Waals surface area contributed by atoms with Crippen LogP contribution >= 0.6 is 0 Å². The van der Waals surface area contributed by atoms with E-state index in [0.29, 0.717) is 66.3 Å². The zero-order chi connectivity index (χ0) is 34.2. The smallest absolute Gasteiger partial charge is 0.416 e. The molecule has 6 nitrogen and oxygen atoms in total. The molecule has 0 radical (unpaired) electrons. The molecule has 2 N–H and O–H groups in total. The highest BCUT2D eigenvalue weighted by Crippen LogP contribution is 2.40. The van der Waals surface area contributed by atoms with E-state index in [9.17, 15) is 45.4 Å². The number of rotatable bonds is 9. The van der Waals surface area contributed by atoms with Crippen molar-refractivity contribution in [3.8, 4) is 11.1 Å². The van der Waals surface area contributed by atoms with Crippen molar-refractivity contribution in [1.82, 2.24) is 4.98 Å². The number of anilines is 2. The highest BCUT2D eigenvalue weighted by atomic mass is 19.4. The Balaban J connectivity index is 1.63. The highest BCUT2D eigenvalue weighted by molar-refractivity contribution is 5.94. The number of benzene rings is 2. The number of carboxylic acids is 1. The molecular weight excluding hydrogens is 619 g/mol. The number of Topliss-reactive ketones (excluding diaryl/α,β-unsaturated/α-hetero) is 1. The summed E-state index contributed by atoms with van der Waals surface area (Å²) in [5, 5.41) is 12.3. The van der Waals surface area contributed by atoms with E-state index in [4.69, 9.17) is 0 Å². The van der Waals surface area contributed by atoms with Crippen LogP contribution in [0.3, 0.4) is 0 Å². The van der Waals surface area contributed by atoms with E-state index >= 15 is 0 Å². The second kappa shape index (κ2) is 12.9. The van der Waals surface area contributed by atoms with Crippen LogP contribution in [-0.4, -0.2) is 41.5 Å². The van der Waals surface area contributed by atoms with Crippen LogP contribution in [0.2, 0.25) is 0 Å². The van der Waals surface area contributed by atoms with Crippen LogP contribution in [0, 0.1) is 24.6 Å². The van der Waals surface area contributed by atoms with Crippen LogP contribution in [0.4, 0.5) is 42.2 Å². The van der Waals surface area contributed by atoms with Crippen molar-refractivity contribution in [3.63, 3.8) is 0 Å². The molecule has 2 heterocycles. The largest absolute Gasteiger partial charge is 0.481 e. The highest BCUT2D eigenvalue weighted by Gasteiger charge is 2.40. The van der Waals surface area contributed by atoms with Crippen molar-refractivity contribution >= 4 is 23.3 Å². The summed E-state index contributed by atoms with van der Waals surface area (Å²) in [5.41, 5.74) is -3.13. The molecule has 0 bridgehead atoms. The molecule has 4 rings (SSSR count). The number of halogens is 7. The van der Waals surface area contributed by atoms with Gasteiger partial charge >= 0.3 is 18.3 Å². The number of nitrogens with one attached hydrogen (secondary N) is 1. The first-order chi connectivity index (χ1) is 21.3. The lowest BCUT2D eigenvalue weighted by Gasteiger charge is -2.34. The monoisotopic (exact) mass is 653 g/mol. The third-order valence-corrected chi connectivity index (χ3v) is 8.77. The van der Waals surface area contributed by atoms with Crippen LogP contribution in [-0.2, 0) is 27.4 Å². The summed E-state index contributed by atoms with van der Waals surface area (Å²) in [6.45, 7) is 6.53. The van der Waals surface area contributed by atoms with Crippen LogP contribution in [0.1, 0.15) is 55.9 Å². The van der Waals surface area contributed by atoms with Crippen molar-refractivity contribution in [2.75, 3.05) is 29.9 Å². The SMILES string of the molecule is Cc1cc(F)ccc1-c1cc(N2CCC(C(C)C(=O)O)CC2)ncc1NCC(=O)C(C)(C)c1cc(C(F)(F)F)cc(C(F)(F)F)c1. The van der Waals surface area contributed by atoms with Gasteiger partial charge in [0.15, 0.2) is 5.78 Å². The Hall–Kier alpha value is -4.16. The number of ketones is 1. The molecule has 0 saturated carbocycles. The number of aliphatic carboxylic acids is 1. The van der Waals surface area contributed by atoms with Crippen LogP contribution < -0.4 is 10.2 Å². The fourth-order valence-electron chi connectivity index (χ4n) is 5.61. The predicted octanol–water partition coefficient (Wildman–Crippen LogP) is 8.13. The van der Waals surface area contributed by atoms with E-state index in [1.165, 1.54) is 32.2 Å². The number of pyridine rings is 1. The molecule has 46 heavy (non-hydrogen) atoms. The molecule has 0 amide bonds. The van der Waals surface area contributed by atoms with Crippen LogP contribution in [0.15, 0.2) is 48.7 Å². The van der Waals surface area contributed by atoms with E-state index in [2.05, 4.69) is 10.3 Å². The number of carboxylic acid groups (broad SMARTS) is 1. The number of nitrogens with zero attached hydrogens (tertiary/aromatic N) is 2.